The highest BCUT2D eigenvalue weighted by Gasteiger charge is 2.19. The van der Waals surface area contributed by atoms with Gasteiger partial charge < -0.3 is 9.80 Å². The predicted molar refractivity (Wildman–Crippen MR) is 135 cm³/mol. The largest absolute Gasteiger partial charge is 0.302 e. The lowest BCUT2D eigenvalue weighted by molar-refractivity contribution is 0.162. The number of hydrogen-bond acceptors (Lipinski definition) is 2. The summed E-state index contributed by atoms with van der Waals surface area (Å²) in [5.41, 5.74) is 4.56. The van der Waals surface area contributed by atoms with Crippen molar-refractivity contribution in [2.75, 3.05) is 33.2 Å². The third kappa shape index (κ3) is 8.59. The van der Waals surface area contributed by atoms with E-state index in [0.29, 0.717) is 0 Å². The summed E-state index contributed by atoms with van der Waals surface area (Å²) in [5.74, 6) is 0.859. The molecule has 1 aliphatic heterocycles. The van der Waals surface area contributed by atoms with E-state index >= 15 is 0 Å². The lowest BCUT2D eigenvalue weighted by atomic mass is 9.87. The second-order valence-electron chi connectivity index (χ2n) is 9.66. The average Bonchev–Trinajstić information content (AvgIpc) is 2.68. The minimum atomic E-state index is 0. The van der Waals surface area contributed by atoms with E-state index < -0.39 is 0 Å². The summed E-state index contributed by atoms with van der Waals surface area (Å²) in [5, 5.41) is 0. The van der Waals surface area contributed by atoms with Gasteiger partial charge in [0.1, 0.15) is 0 Å². The molecule has 1 aliphatic rings. The molecule has 3 rings (SSSR count). The van der Waals surface area contributed by atoms with Gasteiger partial charge in [0.25, 0.3) is 0 Å². The molecule has 2 aromatic rings. The summed E-state index contributed by atoms with van der Waals surface area (Å²) in [6, 6.07) is 20.2. The monoisotopic (exact) mass is 450 g/mol. The molecule has 0 atom stereocenters. The minimum Gasteiger partial charge on any atom is -0.302 e. The van der Waals surface area contributed by atoms with Gasteiger partial charge in [0, 0.05) is 19.6 Å². The fourth-order valence-corrected chi connectivity index (χ4v) is 4.17. The first-order chi connectivity index (χ1) is 13.4. The van der Waals surface area contributed by atoms with Crippen LogP contribution in [-0.4, -0.2) is 43.0 Å². The molecular formula is C26H40Cl2N2. The number of likely N-dealkylation sites (N-methyl/N-ethyl adjacent to an activating group) is 1. The highest BCUT2D eigenvalue weighted by molar-refractivity contribution is 5.85. The van der Waals surface area contributed by atoms with Gasteiger partial charge in [-0.3, -0.25) is 0 Å². The van der Waals surface area contributed by atoms with Crippen molar-refractivity contribution in [2.24, 2.45) is 5.92 Å². The van der Waals surface area contributed by atoms with Crippen LogP contribution in [0.4, 0.5) is 0 Å². The van der Waals surface area contributed by atoms with Crippen LogP contribution in [0.1, 0.15) is 50.3 Å². The van der Waals surface area contributed by atoms with Crippen LogP contribution >= 0.6 is 24.8 Å². The molecule has 168 valence electrons. The average molecular weight is 452 g/mol. The molecule has 1 fully saturated rings. The van der Waals surface area contributed by atoms with Crippen LogP contribution in [-0.2, 0) is 18.4 Å². The van der Waals surface area contributed by atoms with Crippen molar-refractivity contribution in [3.05, 3.63) is 71.3 Å². The molecule has 2 nitrogen and oxygen atoms in total. The van der Waals surface area contributed by atoms with Gasteiger partial charge in [0.05, 0.1) is 0 Å². The quantitative estimate of drug-likeness (QED) is 0.494. The van der Waals surface area contributed by atoms with E-state index in [1.165, 1.54) is 55.6 Å². The lowest BCUT2D eigenvalue weighted by Gasteiger charge is -2.33. The van der Waals surface area contributed by atoms with Gasteiger partial charge in [-0.25, -0.2) is 0 Å². The second-order valence-corrected chi connectivity index (χ2v) is 9.66. The zero-order valence-electron chi connectivity index (χ0n) is 19.1. The number of nitrogens with zero attached hydrogens (tertiary/aromatic N) is 2. The molecule has 0 aliphatic carbocycles. The van der Waals surface area contributed by atoms with Gasteiger partial charge in [-0.05, 0) is 67.4 Å². The molecule has 30 heavy (non-hydrogen) atoms. The fraction of sp³-hybridized carbons (Fsp3) is 0.538. The Morgan fingerprint density at radius 1 is 0.867 bits per heavy atom. The Balaban J connectivity index is 0.00000225. The highest BCUT2D eigenvalue weighted by Crippen LogP contribution is 2.23. The summed E-state index contributed by atoms with van der Waals surface area (Å²) in [4.78, 5) is 5.11. The Kier molecular flexibility index (Phi) is 11.4. The zero-order valence-corrected chi connectivity index (χ0v) is 20.8. The van der Waals surface area contributed by atoms with E-state index in [9.17, 15) is 0 Å². The summed E-state index contributed by atoms with van der Waals surface area (Å²) in [7, 11) is 2.25. The molecule has 0 N–H and O–H groups in total. The van der Waals surface area contributed by atoms with Crippen molar-refractivity contribution in [2.45, 2.75) is 52.0 Å². The van der Waals surface area contributed by atoms with E-state index in [0.717, 1.165) is 19.0 Å². The number of likely N-dealkylation sites (tertiary alicyclic amines) is 1. The maximum Gasteiger partial charge on any atom is 0.0231 e. The van der Waals surface area contributed by atoms with Crippen LogP contribution in [0.15, 0.2) is 54.6 Å². The first-order valence-electron chi connectivity index (χ1n) is 10.9. The molecule has 0 radical (unpaired) electrons. The van der Waals surface area contributed by atoms with E-state index in [-0.39, 0.29) is 30.2 Å². The number of rotatable bonds is 7. The Morgan fingerprint density at radius 3 is 2.03 bits per heavy atom. The molecule has 0 bridgehead atoms. The van der Waals surface area contributed by atoms with Crippen molar-refractivity contribution < 1.29 is 0 Å². The molecule has 1 heterocycles. The van der Waals surface area contributed by atoms with E-state index in [4.69, 9.17) is 0 Å². The van der Waals surface area contributed by atoms with Crippen molar-refractivity contribution >= 4 is 24.8 Å². The van der Waals surface area contributed by atoms with Gasteiger partial charge in [-0.1, -0.05) is 75.4 Å². The van der Waals surface area contributed by atoms with Crippen molar-refractivity contribution in [1.82, 2.24) is 9.80 Å². The van der Waals surface area contributed by atoms with Crippen LogP contribution in [0.3, 0.4) is 0 Å². The SMILES string of the molecule is CN(CCN1CCC(Cc2ccccc2)CC1)Cc1ccc(C(C)(C)C)cc1.Cl.Cl. The van der Waals surface area contributed by atoms with Gasteiger partial charge in [0.15, 0.2) is 0 Å². The van der Waals surface area contributed by atoms with Crippen molar-refractivity contribution in [3.8, 4) is 0 Å². The smallest absolute Gasteiger partial charge is 0.0231 e. The normalized spacial score (nSPS) is 15.5. The number of piperidine rings is 1. The zero-order chi connectivity index (χ0) is 20.0. The second kappa shape index (κ2) is 12.7. The molecule has 2 aromatic carbocycles. The first kappa shape index (κ1) is 27.0. The third-order valence-electron chi connectivity index (χ3n) is 6.14. The maximum atomic E-state index is 2.65. The number of halogens is 2. The molecule has 0 amide bonds. The molecule has 1 saturated heterocycles. The summed E-state index contributed by atoms with van der Waals surface area (Å²) < 4.78 is 0. The molecular weight excluding hydrogens is 411 g/mol. The van der Waals surface area contributed by atoms with Gasteiger partial charge in [-0.15, -0.1) is 24.8 Å². The standard InChI is InChI=1S/C26H38N2.2ClH/c1-26(2,3)25-12-10-24(11-13-25)21-27(4)18-19-28-16-14-23(15-17-28)20-22-8-6-5-7-9-22;;/h5-13,23H,14-21H2,1-4H3;2*1H. The number of hydrogen-bond donors (Lipinski definition) is 0. The van der Waals surface area contributed by atoms with Gasteiger partial charge in [0.2, 0.25) is 0 Å². The topological polar surface area (TPSA) is 6.48 Å². The van der Waals surface area contributed by atoms with E-state index in [1.54, 1.807) is 0 Å². The fourth-order valence-electron chi connectivity index (χ4n) is 4.17. The maximum absolute atomic E-state index is 2.65. The lowest BCUT2D eigenvalue weighted by Crippen LogP contribution is -2.39. The Hall–Kier alpha value is -1.06. The van der Waals surface area contributed by atoms with Crippen LogP contribution in [0.2, 0.25) is 0 Å². The predicted octanol–water partition coefficient (Wildman–Crippen LogP) is 6.21. The third-order valence-corrected chi connectivity index (χ3v) is 6.14. The van der Waals surface area contributed by atoms with Gasteiger partial charge >= 0.3 is 0 Å². The molecule has 4 heteroatoms. The minimum absolute atomic E-state index is 0. The Bertz CT molecular complexity index is 702. The summed E-state index contributed by atoms with van der Waals surface area (Å²) in [6.07, 6.45) is 3.93. The van der Waals surface area contributed by atoms with E-state index in [2.05, 4.69) is 92.2 Å². The molecule has 0 aromatic heterocycles. The first-order valence-corrected chi connectivity index (χ1v) is 10.9. The highest BCUT2D eigenvalue weighted by atomic mass is 35.5. The Labute approximate surface area is 196 Å². The molecule has 0 spiro atoms. The van der Waals surface area contributed by atoms with Crippen LogP contribution < -0.4 is 0 Å². The molecule has 0 unspecified atom stereocenters. The van der Waals surface area contributed by atoms with Crippen LogP contribution in [0.5, 0.6) is 0 Å². The van der Waals surface area contributed by atoms with Crippen LogP contribution in [0, 0.1) is 5.92 Å². The van der Waals surface area contributed by atoms with Crippen molar-refractivity contribution in [1.29, 1.82) is 0 Å². The van der Waals surface area contributed by atoms with Crippen LogP contribution in [0.25, 0.3) is 0 Å². The molecule has 0 saturated carbocycles. The van der Waals surface area contributed by atoms with E-state index in [1.807, 2.05) is 0 Å². The Morgan fingerprint density at radius 2 is 1.47 bits per heavy atom. The number of benzene rings is 2. The summed E-state index contributed by atoms with van der Waals surface area (Å²) in [6.45, 7) is 12.7. The van der Waals surface area contributed by atoms with Crippen molar-refractivity contribution in [3.63, 3.8) is 0 Å². The van der Waals surface area contributed by atoms with Gasteiger partial charge in [-0.2, -0.15) is 0 Å². The summed E-state index contributed by atoms with van der Waals surface area (Å²) >= 11 is 0.